The van der Waals surface area contributed by atoms with Crippen molar-refractivity contribution in [1.82, 2.24) is 15.5 Å². The number of hydrogen-bond donors (Lipinski definition) is 2. The van der Waals surface area contributed by atoms with E-state index < -0.39 is 0 Å². The Morgan fingerprint density at radius 2 is 2.11 bits per heavy atom. The summed E-state index contributed by atoms with van der Waals surface area (Å²) in [6.07, 6.45) is 0.551. The zero-order chi connectivity index (χ0) is 13.7. The second-order valence-corrected chi connectivity index (χ2v) is 5.46. The molecule has 2 N–H and O–H groups in total. The van der Waals surface area contributed by atoms with Crippen LogP contribution in [0.15, 0.2) is 30.3 Å². The Morgan fingerprint density at radius 1 is 1.37 bits per heavy atom. The van der Waals surface area contributed by atoms with Crippen molar-refractivity contribution >= 4 is 28.8 Å². The molecule has 2 aromatic rings. The van der Waals surface area contributed by atoms with Crippen LogP contribution in [0.1, 0.15) is 15.4 Å². The van der Waals surface area contributed by atoms with Crippen molar-refractivity contribution in [3.05, 3.63) is 45.4 Å². The van der Waals surface area contributed by atoms with E-state index in [-0.39, 0.29) is 28.0 Å². The third-order valence-corrected chi connectivity index (χ3v) is 3.49. The van der Waals surface area contributed by atoms with E-state index in [1.54, 1.807) is 0 Å². The van der Waals surface area contributed by atoms with Gasteiger partial charge in [0.25, 0.3) is 5.91 Å². The topological polar surface area (TPSA) is 75.1 Å². The van der Waals surface area contributed by atoms with Crippen LogP contribution in [0.5, 0.6) is 0 Å². The van der Waals surface area contributed by atoms with E-state index in [4.69, 9.17) is 11.6 Å². The molecule has 2 rings (SSSR count). The van der Waals surface area contributed by atoms with E-state index in [2.05, 4.69) is 15.5 Å². The second kappa shape index (κ2) is 6.60. The van der Waals surface area contributed by atoms with Gasteiger partial charge in [0, 0.05) is 0 Å². The number of amides is 1. The average Bonchev–Trinajstić information content (AvgIpc) is 2.86. The highest BCUT2D eigenvalue weighted by Crippen LogP contribution is 2.14. The third-order valence-electron chi connectivity index (χ3n) is 2.48. The van der Waals surface area contributed by atoms with Crippen LogP contribution < -0.4 is 5.32 Å². The molecular formula is C12H12ClN3O2S. The minimum atomic E-state index is -0.376. The lowest BCUT2D eigenvalue weighted by molar-refractivity contribution is 0.0915. The van der Waals surface area contributed by atoms with Gasteiger partial charge in [-0.1, -0.05) is 41.7 Å². The fourth-order valence-corrected chi connectivity index (χ4v) is 2.34. The lowest BCUT2D eigenvalue weighted by Gasteiger charge is -2.15. The highest BCUT2D eigenvalue weighted by molar-refractivity contribution is 7.17. The maximum absolute atomic E-state index is 11.8. The number of aliphatic hydroxyl groups is 1. The first kappa shape index (κ1) is 13.9. The van der Waals surface area contributed by atoms with Crippen molar-refractivity contribution in [1.29, 1.82) is 0 Å². The molecule has 0 spiro atoms. The van der Waals surface area contributed by atoms with Gasteiger partial charge in [-0.3, -0.25) is 4.79 Å². The Balaban J connectivity index is 1.97. The maximum Gasteiger partial charge on any atom is 0.282 e. The van der Waals surface area contributed by atoms with Gasteiger partial charge in [-0.15, -0.1) is 10.2 Å². The summed E-state index contributed by atoms with van der Waals surface area (Å²) in [7, 11) is 0. The van der Waals surface area contributed by atoms with Gasteiger partial charge in [0.05, 0.1) is 12.6 Å². The minimum Gasteiger partial charge on any atom is -0.394 e. The number of aliphatic hydroxyl groups excluding tert-OH is 1. The summed E-state index contributed by atoms with van der Waals surface area (Å²) in [6.45, 7) is -0.146. The van der Waals surface area contributed by atoms with Gasteiger partial charge in [-0.2, -0.15) is 0 Å². The number of nitrogens with one attached hydrogen (secondary N) is 1. The normalized spacial score (nSPS) is 12.1. The van der Waals surface area contributed by atoms with Crippen LogP contribution in [-0.4, -0.2) is 33.9 Å². The van der Waals surface area contributed by atoms with Crippen LogP contribution in [-0.2, 0) is 6.42 Å². The van der Waals surface area contributed by atoms with Crippen molar-refractivity contribution in [2.24, 2.45) is 0 Å². The van der Waals surface area contributed by atoms with Gasteiger partial charge in [0.1, 0.15) is 0 Å². The molecule has 0 saturated heterocycles. The van der Waals surface area contributed by atoms with Crippen LogP contribution in [0.2, 0.25) is 4.47 Å². The Morgan fingerprint density at radius 3 is 2.68 bits per heavy atom. The molecule has 0 fully saturated rings. The van der Waals surface area contributed by atoms with Gasteiger partial charge < -0.3 is 10.4 Å². The summed E-state index contributed by atoms with van der Waals surface area (Å²) < 4.78 is 0.216. The molecule has 1 heterocycles. The molecule has 7 heteroatoms. The molecular weight excluding hydrogens is 286 g/mol. The zero-order valence-corrected chi connectivity index (χ0v) is 11.5. The number of carbonyl (C=O) groups is 1. The molecule has 5 nitrogen and oxygen atoms in total. The van der Waals surface area contributed by atoms with E-state index in [1.165, 1.54) is 0 Å². The first-order valence-electron chi connectivity index (χ1n) is 5.63. The summed E-state index contributed by atoms with van der Waals surface area (Å²) >= 11 is 6.62. The molecule has 100 valence electrons. The summed E-state index contributed by atoms with van der Waals surface area (Å²) in [5, 5.41) is 19.4. The van der Waals surface area contributed by atoms with Crippen LogP contribution in [0, 0.1) is 0 Å². The predicted molar refractivity (Wildman–Crippen MR) is 73.4 cm³/mol. The van der Waals surface area contributed by atoms with Gasteiger partial charge >= 0.3 is 0 Å². The molecule has 0 aliphatic carbocycles. The SMILES string of the molecule is O=C(N[C@H](CO)Cc1ccccc1)c1nnc(Cl)s1. The maximum atomic E-state index is 11.8. The van der Waals surface area contributed by atoms with Gasteiger partial charge in [-0.05, 0) is 23.6 Å². The largest absolute Gasteiger partial charge is 0.394 e. The van der Waals surface area contributed by atoms with Gasteiger partial charge in [0.2, 0.25) is 9.47 Å². The molecule has 19 heavy (non-hydrogen) atoms. The molecule has 1 aromatic carbocycles. The standard InChI is InChI=1S/C12H12ClN3O2S/c13-12-16-15-11(19-12)10(18)14-9(7-17)6-8-4-2-1-3-5-8/h1-5,9,17H,6-7H2,(H,14,18)/t9-/m0/s1. The van der Waals surface area contributed by atoms with Crippen molar-refractivity contribution in [3.8, 4) is 0 Å². The number of carbonyl (C=O) groups excluding carboxylic acids is 1. The lowest BCUT2D eigenvalue weighted by Crippen LogP contribution is -2.39. The molecule has 0 aliphatic rings. The Bertz CT molecular complexity index is 547. The van der Waals surface area contributed by atoms with E-state index in [0.717, 1.165) is 16.9 Å². The summed E-state index contributed by atoms with van der Waals surface area (Å²) in [6, 6.07) is 9.26. The fraction of sp³-hybridized carbons (Fsp3) is 0.250. The molecule has 1 aromatic heterocycles. The van der Waals surface area contributed by atoms with Crippen LogP contribution in [0.3, 0.4) is 0 Å². The first-order valence-corrected chi connectivity index (χ1v) is 6.83. The van der Waals surface area contributed by atoms with Crippen LogP contribution in [0.4, 0.5) is 0 Å². The quantitative estimate of drug-likeness (QED) is 0.877. The Labute approximate surface area is 119 Å². The number of aromatic nitrogens is 2. The summed E-state index contributed by atoms with van der Waals surface area (Å²) in [4.78, 5) is 11.8. The van der Waals surface area contributed by atoms with Gasteiger partial charge in [-0.25, -0.2) is 0 Å². The third kappa shape index (κ3) is 3.99. The summed E-state index contributed by atoms with van der Waals surface area (Å²) in [5.41, 5.74) is 1.04. The number of halogens is 1. The van der Waals surface area contributed by atoms with Crippen molar-refractivity contribution in [2.75, 3.05) is 6.61 Å². The molecule has 0 unspecified atom stereocenters. The highest BCUT2D eigenvalue weighted by Gasteiger charge is 2.17. The van der Waals surface area contributed by atoms with Crippen molar-refractivity contribution in [3.63, 3.8) is 0 Å². The first-order chi connectivity index (χ1) is 9.19. The van der Waals surface area contributed by atoms with E-state index in [1.807, 2.05) is 30.3 Å². The highest BCUT2D eigenvalue weighted by atomic mass is 35.5. The molecule has 0 bridgehead atoms. The molecule has 0 aliphatic heterocycles. The molecule has 1 atom stereocenters. The molecule has 0 saturated carbocycles. The van der Waals surface area contributed by atoms with Crippen LogP contribution >= 0.6 is 22.9 Å². The second-order valence-electron chi connectivity index (χ2n) is 3.90. The predicted octanol–water partition coefficient (Wildman–Crippen LogP) is 1.52. The van der Waals surface area contributed by atoms with E-state index >= 15 is 0 Å². The number of benzene rings is 1. The lowest BCUT2D eigenvalue weighted by atomic mass is 10.1. The molecule has 1 amide bonds. The Hall–Kier alpha value is -1.50. The minimum absolute atomic E-state index is 0.146. The number of rotatable bonds is 5. The Kier molecular flexibility index (Phi) is 4.84. The number of nitrogens with zero attached hydrogens (tertiary/aromatic N) is 2. The van der Waals surface area contributed by atoms with Crippen LogP contribution in [0.25, 0.3) is 0 Å². The number of hydrogen-bond acceptors (Lipinski definition) is 5. The van der Waals surface area contributed by atoms with Gasteiger partial charge in [0.15, 0.2) is 0 Å². The van der Waals surface area contributed by atoms with E-state index in [0.29, 0.717) is 6.42 Å². The van der Waals surface area contributed by atoms with Crippen molar-refractivity contribution < 1.29 is 9.90 Å². The monoisotopic (exact) mass is 297 g/mol. The van der Waals surface area contributed by atoms with E-state index in [9.17, 15) is 9.90 Å². The summed E-state index contributed by atoms with van der Waals surface area (Å²) in [5.74, 6) is -0.376. The smallest absolute Gasteiger partial charge is 0.282 e. The zero-order valence-electron chi connectivity index (χ0n) is 9.91. The van der Waals surface area contributed by atoms with Crippen molar-refractivity contribution in [2.45, 2.75) is 12.5 Å². The molecule has 0 radical (unpaired) electrons. The fourth-order valence-electron chi connectivity index (χ4n) is 1.60. The average molecular weight is 298 g/mol.